The Hall–Kier alpha value is 0.200. The van der Waals surface area contributed by atoms with Gasteiger partial charge in [-0.15, -0.1) is 11.6 Å². The highest BCUT2D eigenvalue weighted by Crippen LogP contribution is 1.79. The van der Waals surface area contributed by atoms with E-state index >= 15 is 0 Å². The zero-order valence-corrected chi connectivity index (χ0v) is 5.91. The van der Waals surface area contributed by atoms with E-state index in [4.69, 9.17) is 11.6 Å². The number of rotatable bonds is 4. The van der Waals surface area contributed by atoms with E-state index in [2.05, 4.69) is 4.72 Å². The van der Waals surface area contributed by atoms with Gasteiger partial charge in [0, 0.05) is 12.4 Å². The van der Waals surface area contributed by atoms with E-state index in [1.165, 1.54) is 0 Å². The SMILES string of the molecule is O=[SH](=O)NCCCCl. The fourth-order valence-electron chi connectivity index (χ4n) is 0.237. The molecule has 0 saturated heterocycles. The van der Waals surface area contributed by atoms with E-state index in [9.17, 15) is 8.42 Å². The lowest BCUT2D eigenvalue weighted by Gasteiger charge is -1.89. The molecule has 0 heterocycles. The molecular weight excluding hydrogens is 150 g/mol. The molecule has 3 nitrogen and oxygen atoms in total. The van der Waals surface area contributed by atoms with E-state index in [1.54, 1.807) is 0 Å². The summed E-state index contributed by atoms with van der Waals surface area (Å²) in [7, 11) is -2.42. The summed E-state index contributed by atoms with van der Waals surface area (Å²) in [6, 6.07) is 0. The summed E-state index contributed by atoms with van der Waals surface area (Å²) in [5.41, 5.74) is 0. The topological polar surface area (TPSA) is 46.2 Å². The van der Waals surface area contributed by atoms with E-state index < -0.39 is 10.9 Å². The van der Waals surface area contributed by atoms with Gasteiger partial charge < -0.3 is 0 Å². The van der Waals surface area contributed by atoms with Crippen LogP contribution in [0.3, 0.4) is 0 Å². The Morgan fingerprint density at radius 2 is 2.12 bits per heavy atom. The van der Waals surface area contributed by atoms with Gasteiger partial charge in [-0.1, -0.05) is 0 Å². The second-order valence-electron chi connectivity index (χ2n) is 1.21. The monoisotopic (exact) mass is 157 g/mol. The largest absolute Gasteiger partial charge is 0.217 e. The molecule has 50 valence electrons. The maximum absolute atomic E-state index is 9.76. The van der Waals surface area contributed by atoms with Crippen molar-refractivity contribution in [2.24, 2.45) is 0 Å². The molecule has 0 spiro atoms. The summed E-state index contributed by atoms with van der Waals surface area (Å²) in [6.07, 6.45) is 0.685. The second-order valence-corrected chi connectivity index (χ2v) is 2.42. The minimum Gasteiger partial charge on any atom is -0.217 e. The summed E-state index contributed by atoms with van der Waals surface area (Å²) >= 11 is 5.25. The molecule has 0 aliphatic rings. The molecule has 0 saturated carbocycles. The molecule has 8 heavy (non-hydrogen) atoms. The van der Waals surface area contributed by atoms with Crippen molar-refractivity contribution in [3.05, 3.63) is 0 Å². The molecule has 0 aromatic rings. The van der Waals surface area contributed by atoms with Crippen molar-refractivity contribution < 1.29 is 8.42 Å². The van der Waals surface area contributed by atoms with Gasteiger partial charge in [0.2, 0.25) is 10.9 Å². The first-order valence-corrected chi connectivity index (χ1v) is 3.92. The van der Waals surface area contributed by atoms with Crippen molar-refractivity contribution in [1.82, 2.24) is 4.72 Å². The Morgan fingerprint density at radius 1 is 1.50 bits per heavy atom. The van der Waals surface area contributed by atoms with Crippen LogP contribution in [0, 0.1) is 0 Å². The van der Waals surface area contributed by atoms with Crippen molar-refractivity contribution in [2.45, 2.75) is 6.42 Å². The van der Waals surface area contributed by atoms with Crippen LogP contribution in [0.2, 0.25) is 0 Å². The zero-order valence-electron chi connectivity index (χ0n) is 4.26. The molecule has 5 heteroatoms. The van der Waals surface area contributed by atoms with Gasteiger partial charge in [0.1, 0.15) is 0 Å². The minimum absolute atomic E-state index is 0.447. The highest BCUT2D eigenvalue weighted by atomic mass is 35.5. The fraction of sp³-hybridized carbons (Fsp3) is 1.00. The number of alkyl halides is 1. The molecular formula is C3H8ClNO2S. The number of nitrogens with one attached hydrogen (secondary N) is 1. The second kappa shape index (κ2) is 5.34. The molecule has 0 amide bonds. The van der Waals surface area contributed by atoms with Crippen LogP contribution in [-0.2, 0) is 10.9 Å². The van der Waals surface area contributed by atoms with Crippen LogP contribution in [0.25, 0.3) is 0 Å². The van der Waals surface area contributed by atoms with E-state index in [1.807, 2.05) is 0 Å². The Kier molecular flexibility index (Phi) is 5.47. The van der Waals surface area contributed by atoms with Gasteiger partial charge in [0.15, 0.2) is 0 Å². The van der Waals surface area contributed by atoms with Gasteiger partial charge in [-0.05, 0) is 6.42 Å². The molecule has 0 unspecified atom stereocenters. The summed E-state index contributed by atoms with van der Waals surface area (Å²) in [5, 5.41) is 0. The van der Waals surface area contributed by atoms with Gasteiger partial charge in [-0.3, -0.25) is 0 Å². The van der Waals surface area contributed by atoms with E-state index in [0.717, 1.165) is 0 Å². The smallest absolute Gasteiger partial charge is 0.201 e. The number of halogens is 1. The molecule has 0 bridgehead atoms. The molecule has 0 rings (SSSR count). The standard InChI is InChI=1S/C3H8ClNO2S/c4-2-1-3-5-8(6)7/h8H,1-3H2,(H,5,6,7). The van der Waals surface area contributed by atoms with Crippen LogP contribution in [0.15, 0.2) is 0 Å². The van der Waals surface area contributed by atoms with Gasteiger partial charge in [0.05, 0.1) is 0 Å². The molecule has 0 aliphatic carbocycles. The summed E-state index contributed by atoms with van der Waals surface area (Å²) in [6.45, 7) is 0.447. The number of hydrogen-bond donors (Lipinski definition) is 2. The van der Waals surface area contributed by atoms with E-state index in [0.29, 0.717) is 18.8 Å². The van der Waals surface area contributed by atoms with Gasteiger partial charge >= 0.3 is 0 Å². The molecule has 0 aliphatic heterocycles. The Bertz CT molecular complexity index is 106. The predicted molar refractivity (Wildman–Crippen MR) is 33.7 cm³/mol. The Morgan fingerprint density at radius 3 is 2.50 bits per heavy atom. The Labute approximate surface area is 55.1 Å². The summed E-state index contributed by atoms with van der Waals surface area (Å²) < 4.78 is 21.7. The third kappa shape index (κ3) is 6.20. The van der Waals surface area contributed by atoms with Crippen molar-refractivity contribution in [2.75, 3.05) is 12.4 Å². The zero-order chi connectivity index (χ0) is 6.41. The summed E-state index contributed by atoms with van der Waals surface area (Å²) in [4.78, 5) is 0. The van der Waals surface area contributed by atoms with Crippen molar-refractivity contribution >= 4 is 22.5 Å². The Balaban J connectivity index is 2.94. The van der Waals surface area contributed by atoms with Crippen molar-refractivity contribution in [1.29, 1.82) is 0 Å². The first-order valence-electron chi connectivity index (χ1n) is 2.21. The highest BCUT2D eigenvalue weighted by molar-refractivity contribution is 7.70. The van der Waals surface area contributed by atoms with Crippen LogP contribution in [0.1, 0.15) is 6.42 Å². The van der Waals surface area contributed by atoms with Crippen LogP contribution in [-0.4, -0.2) is 20.8 Å². The maximum Gasteiger partial charge on any atom is 0.201 e. The molecule has 0 radical (unpaired) electrons. The molecule has 1 N–H and O–H groups in total. The fourth-order valence-corrected chi connectivity index (χ4v) is 0.711. The van der Waals surface area contributed by atoms with E-state index in [-0.39, 0.29) is 0 Å². The number of hydrogen-bond acceptors (Lipinski definition) is 2. The highest BCUT2D eigenvalue weighted by Gasteiger charge is 1.82. The van der Waals surface area contributed by atoms with Crippen molar-refractivity contribution in [3.8, 4) is 0 Å². The average molecular weight is 158 g/mol. The first-order chi connectivity index (χ1) is 3.77. The van der Waals surface area contributed by atoms with Gasteiger partial charge in [0.25, 0.3) is 0 Å². The summed E-state index contributed by atoms with van der Waals surface area (Å²) in [5.74, 6) is 0.496. The molecule has 0 fully saturated rings. The third-order valence-electron chi connectivity index (χ3n) is 0.551. The lowest BCUT2D eigenvalue weighted by molar-refractivity contribution is 0.601. The van der Waals surface area contributed by atoms with Crippen LogP contribution in [0.5, 0.6) is 0 Å². The van der Waals surface area contributed by atoms with Crippen LogP contribution in [0.4, 0.5) is 0 Å². The third-order valence-corrected chi connectivity index (χ3v) is 1.30. The van der Waals surface area contributed by atoms with Crippen LogP contribution < -0.4 is 4.72 Å². The molecule has 0 aromatic heterocycles. The normalized spacial score (nSPS) is 10.2. The lowest BCUT2D eigenvalue weighted by Crippen LogP contribution is -2.12. The van der Waals surface area contributed by atoms with Gasteiger partial charge in [-0.2, -0.15) is 0 Å². The molecule has 0 atom stereocenters. The average Bonchev–Trinajstić information content (AvgIpc) is 1.66. The van der Waals surface area contributed by atoms with Gasteiger partial charge in [-0.25, -0.2) is 13.1 Å². The predicted octanol–water partition coefficient (Wildman–Crippen LogP) is -0.269. The first kappa shape index (κ1) is 8.20. The maximum atomic E-state index is 9.76. The molecule has 0 aromatic carbocycles. The van der Waals surface area contributed by atoms with Crippen molar-refractivity contribution in [3.63, 3.8) is 0 Å². The minimum atomic E-state index is -2.42. The van der Waals surface area contributed by atoms with Crippen LogP contribution >= 0.6 is 11.6 Å². The quantitative estimate of drug-likeness (QED) is 0.335. The lowest BCUT2D eigenvalue weighted by atomic mass is 10.5. The number of thiol groups is 1.